The van der Waals surface area contributed by atoms with Crippen molar-refractivity contribution in [1.29, 1.82) is 0 Å². The third-order valence-corrected chi connectivity index (χ3v) is 3.97. The van der Waals surface area contributed by atoms with Gasteiger partial charge in [-0.2, -0.15) is 0 Å². The Morgan fingerprint density at radius 2 is 1.62 bits per heavy atom. The van der Waals surface area contributed by atoms with Crippen molar-refractivity contribution in [2.24, 2.45) is 0 Å². The molecule has 0 saturated heterocycles. The standard InChI is InChI=1S/C18H19ClFNO2.ClH/c1-21(12-2-3-17(22)23)18(13-4-8-15(19)9-5-13)14-6-10-16(20)11-7-14;/h4-11,18H,2-3,12H2,1H3,(H,22,23);1H. The van der Waals surface area contributed by atoms with Crippen LogP contribution in [0.2, 0.25) is 5.02 Å². The van der Waals surface area contributed by atoms with Gasteiger partial charge in [0.15, 0.2) is 0 Å². The fourth-order valence-electron chi connectivity index (χ4n) is 2.60. The summed E-state index contributed by atoms with van der Waals surface area (Å²) in [7, 11) is 1.94. The Hall–Kier alpha value is -1.62. The van der Waals surface area contributed by atoms with Gasteiger partial charge in [-0.1, -0.05) is 35.9 Å². The molecule has 6 heteroatoms. The van der Waals surface area contributed by atoms with E-state index in [1.54, 1.807) is 12.1 Å². The van der Waals surface area contributed by atoms with Crippen LogP contribution in [0.4, 0.5) is 4.39 Å². The van der Waals surface area contributed by atoms with Crippen LogP contribution in [0.15, 0.2) is 48.5 Å². The van der Waals surface area contributed by atoms with E-state index in [1.165, 1.54) is 12.1 Å². The first-order chi connectivity index (χ1) is 11.0. The maximum atomic E-state index is 13.2. The molecule has 0 saturated carbocycles. The van der Waals surface area contributed by atoms with Crippen molar-refractivity contribution in [3.05, 3.63) is 70.5 Å². The first-order valence-corrected chi connectivity index (χ1v) is 7.78. The fraction of sp³-hybridized carbons (Fsp3) is 0.278. The third-order valence-electron chi connectivity index (χ3n) is 3.71. The molecule has 0 bridgehead atoms. The summed E-state index contributed by atoms with van der Waals surface area (Å²) in [5, 5.41) is 9.44. The van der Waals surface area contributed by atoms with Crippen molar-refractivity contribution in [3.63, 3.8) is 0 Å². The molecule has 0 heterocycles. The van der Waals surface area contributed by atoms with Gasteiger partial charge in [-0.15, -0.1) is 12.4 Å². The predicted octanol–water partition coefficient (Wildman–Crippen LogP) is 4.79. The Balaban J connectivity index is 0.00000288. The topological polar surface area (TPSA) is 40.5 Å². The molecule has 0 aliphatic carbocycles. The van der Waals surface area contributed by atoms with Crippen LogP contribution in [0.25, 0.3) is 0 Å². The highest BCUT2D eigenvalue weighted by Gasteiger charge is 2.19. The van der Waals surface area contributed by atoms with Crippen LogP contribution in [0.1, 0.15) is 30.0 Å². The molecule has 130 valence electrons. The van der Waals surface area contributed by atoms with Gasteiger partial charge in [-0.25, -0.2) is 4.39 Å². The molecule has 3 nitrogen and oxygen atoms in total. The predicted molar refractivity (Wildman–Crippen MR) is 96.4 cm³/mol. The van der Waals surface area contributed by atoms with Gasteiger partial charge in [-0.3, -0.25) is 9.69 Å². The van der Waals surface area contributed by atoms with E-state index < -0.39 is 5.97 Å². The first-order valence-electron chi connectivity index (χ1n) is 7.40. The van der Waals surface area contributed by atoms with Crippen LogP contribution >= 0.6 is 24.0 Å². The van der Waals surface area contributed by atoms with Crippen LogP contribution < -0.4 is 0 Å². The maximum Gasteiger partial charge on any atom is 0.303 e. The number of halogens is 3. The van der Waals surface area contributed by atoms with E-state index in [9.17, 15) is 9.18 Å². The lowest BCUT2D eigenvalue weighted by molar-refractivity contribution is -0.137. The van der Waals surface area contributed by atoms with Crippen molar-refractivity contribution in [3.8, 4) is 0 Å². The second-order valence-corrected chi connectivity index (χ2v) is 5.92. The zero-order valence-corrected chi connectivity index (χ0v) is 14.9. The monoisotopic (exact) mass is 371 g/mol. The van der Waals surface area contributed by atoms with Gasteiger partial charge in [0.2, 0.25) is 0 Å². The van der Waals surface area contributed by atoms with Gasteiger partial charge in [0.25, 0.3) is 0 Å². The van der Waals surface area contributed by atoms with E-state index >= 15 is 0 Å². The van der Waals surface area contributed by atoms with E-state index in [0.29, 0.717) is 18.0 Å². The average Bonchev–Trinajstić information content (AvgIpc) is 2.51. The molecule has 1 atom stereocenters. The number of aliphatic carboxylic acids is 1. The molecule has 2 aromatic carbocycles. The van der Waals surface area contributed by atoms with Gasteiger partial charge in [0.1, 0.15) is 5.82 Å². The molecule has 2 aromatic rings. The zero-order chi connectivity index (χ0) is 16.8. The van der Waals surface area contributed by atoms with Crippen molar-refractivity contribution in [2.45, 2.75) is 18.9 Å². The lowest BCUT2D eigenvalue weighted by Crippen LogP contribution is -2.27. The second-order valence-electron chi connectivity index (χ2n) is 5.48. The molecule has 0 amide bonds. The smallest absolute Gasteiger partial charge is 0.303 e. The molecule has 0 aliphatic heterocycles. The molecule has 0 spiro atoms. The highest BCUT2D eigenvalue weighted by molar-refractivity contribution is 6.30. The van der Waals surface area contributed by atoms with Gasteiger partial charge in [0.05, 0.1) is 6.04 Å². The second kappa shape index (κ2) is 9.62. The fourth-order valence-corrected chi connectivity index (χ4v) is 2.73. The summed E-state index contributed by atoms with van der Waals surface area (Å²) in [5.41, 5.74) is 1.98. The van der Waals surface area contributed by atoms with E-state index in [2.05, 4.69) is 4.90 Å². The molecule has 0 radical (unpaired) electrons. The number of carboxylic acid groups (broad SMARTS) is 1. The summed E-state index contributed by atoms with van der Waals surface area (Å²) < 4.78 is 13.2. The highest BCUT2D eigenvalue weighted by atomic mass is 35.5. The highest BCUT2D eigenvalue weighted by Crippen LogP contribution is 2.29. The largest absolute Gasteiger partial charge is 0.481 e. The summed E-state index contributed by atoms with van der Waals surface area (Å²) in [6, 6.07) is 13.8. The maximum absolute atomic E-state index is 13.2. The Bertz CT molecular complexity index is 602. The van der Waals surface area contributed by atoms with Crippen LogP contribution in [0, 0.1) is 5.82 Å². The summed E-state index contributed by atoms with van der Waals surface area (Å²) in [6.07, 6.45) is 0.679. The Morgan fingerprint density at radius 3 is 2.12 bits per heavy atom. The van der Waals surface area contributed by atoms with Crippen molar-refractivity contribution in [1.82, 2.24) is 4.90 Å². The minimum atomic E-state index is -0.803. The SMILES string of the molecule is CN(CCCC(=O)O)C(c1ccc(F)cc1)c1ccc(Cl)cc1.Cl. The Labute approximate surface area is 152 Å². The number of hydrogen-bond donors (Lipinski definition) is 1. The summed E-state index contributed by atoms with van der Waals surface area (Å²) in [6.45, 7) is 0.622. The molecular formula is C18H20Cl2FNO2. The molecule has 1 N–H and O–H groups in total. The van der Waals surface area contributed by atoms with Crippen molar-refractivity contribution < 1.29 is 14.3 Å². The zero-order valence-electron chi connectivity index (χ0n) is 13.3. The van der Waals surface area contributed by atoms with Crippen molar-refractivity contribution >= 4 is 30.0 Å². The normalized spacial score (nSPS) is 11.8. The molecular weight excluding hydrogens is 352 g/mol. The molecule has 24 heavy (non-hydrogen) atoms. The molecule has 0 aliphatic rings. The Morgan fingerprint density at radius 1 is 1.12 bits per heavy atom. The van der Waals surface area contributed by atoms with Gasteiger partial charge in [0, 0.05) is 11.4 Å². The number of hydrogen-bond acceptors (Lipinski definition) is 2. The van der Waals surface area contributed by atoms with Crippen LogP contribution in [-0.2, 0) is 4.79 Å². The van der Waals surface area contributed by atoms with Gasteiger partial charge < -0.3 is 5.11 Å². The van der Waals surface area contributed by atoms with Gasteiger partial charge >= 0.3 is 5.97 Å². The number of benzene rings is 2. The number of rotatable bonds is 7. The number of carbonyl (C=O) groups is 1. The average molecular weight is 372 g/mol. The molecule has 2 rings (SSSR count). The summed E-state index contributed by atoms with van der Waals surface area (Å²) in [5.74, 6) is -1.08. The molecule has 0 fully saturated rings. The third kappa shape index (κ3) is 5.78. The van der Waals surface area contributed by atoms with E-state index in [4.69, 9.17) is 16.7 Å². The van der Waals surface area contributed by atoms with Crippen molar-refractivity contribution in [2.75, 3.05) is 13.6 Å². The number of carboxylic acids is 1. The van der Waals surface area contributed by atoms with Crippen LogP contribution in [-0.4, -0.2) is 29.6 Å². The quantitative estimate of drug-likeness (QED) is 0.760. The lowest BCUT2D eigenvalue weighted by atomic mass is 9.97. The number of nitrogens with zero attached hydrogens (tertiary/aromatic N) is 1. The lowest BCUT2D eigenvalue weighted by Gasteiger charge is -2.29. The Kier molecular flexibility index (Phi) is 8.19. The molecule has 1 unspecified atom stereocenters. The van der Waals surface area contributed by atoms with E-state index in [1.807, 2.05) is 31.3 Å². The minimum Gasteiger partial charge on any atom is -0.481 e. The minimum absolute atomic E-state index is 0. The molecule has 0 aromatic heterocycles. The van der Waals surface area contributed by atoms with Crippen LogP contribution in [0.5, 0.6) is 0 Å². The summed E-state index contributed by atoms with van der Waals surface area (Å²) >= 11 is 5.95. The van der Waals surface area contributed by atoms with Crippen LogP contribution in [0.3, 0.4) is 0 Å². The van der Waals surface area contributed by atoms with E-state index in [0.717, 1.165) is 11.1 Å². The first kappa shape index (κ1) is 20.4. The summed E-state index contributed by atoms with van der Waals surface area (Å²) in [4.78, 5) is 12.8. The van der Waals surface area contributed by atoms with Gasteiger partial charge in [-0.05, 0) is 55.4 Å². The van der Waals surface area contributed by atoms with E-state index in [-0.39, 0.29) is 30.7 Å².